The van der Waals surface area contributed by atoms with E-state index in [1.54, 1.807) is 0 Å². The summed E-state index contributed by atoms with van der Waals surface area (Å²) < 4.78 is 0. The van der Waals surface area contributed by atoms with Crippen LogP contribution in [0.4, 0.5) is 5.69 Å². The van der Waals surface area contributed by atoms with Crippen LogP contribution in [0, 0.1) is 5.92 Å². The third-order valence-corrected chi connectivity index (χ3v) is 5.13. The maximum absolute atomic E-state index is 4.42. The fraction of sp³-hybridized carbons (Fsp3) is 0.273. The summed E-state index contributed by atoms with van der Waals surface area (Å²) in [7, 11) is 0. The summed E-state index contributed by atoms with van der Waals surface area (Å²) in [6.45, 7) is 9.61. The van der Waals surface area contributed by atoms with Crippen molar-refractivity contribution in [3.63, 3.8) is 0 Å². The van der Waals surface area contributed by atoms with Crippen LogP contribution in [0.15, 0.2) is 81.5 Å². The van der Waals surface area contributed by atoms with E-state index in [2.05, 4.69) is 62.2 Å². The van der Waals surface area contributed by atoms with Gasteiger partial charge in [-0.1, -0.05) is 55.0 Å². The standard InChI is InChI=1S/C22H24N2/c1-15-16(2)18(4)22(17(15)3)21-13-9-8-10-19(21)14-23-24-20-11-6-5-7-12-20/h5-13,17H,14H2,1-4H3. The van der Waals surface area contributed by atoms with Crippen LogP contribution in [0.2, 0.25) is 0 Å². The first-order valence-corrected chi connectivity index (χ1v) is 8.49. The number of hydrogen-bond donors (Lipinski definition) is 0. The molecule has 0 aliphatic heterocycles. The fourth-order valence-corrected chi connectivity index (χ4v) is 3.41. The third-order valence-electron chi connectivity index (χ3n) is 5.13. The molecule has 0 bridgehead atoms. The van der Waals surface area contributed by atoms with Crippen LogP contribution in [0.25, 0.3) is 5.57 Å². The van der Waals surface area contributed by atoms with E-state index in [4.69, 9.17) is 0 Å². The minimum Gasteiger partial charge on any atom is -0.184 e. The summed E-state index contributed by atoms with van der Waals surface area (Å²) in [5.41, 5.74) is 9.20. The number of allylic oxidation sites excluding steroid dienone is 4. The molecule has 0 saturated carbocycles. The van der Waals surface area contributed by atoms with E-state index in [1.165, 1.54) is 33.4 Å². The maximum Gasteiger partial charge on any atom is 0.0859 e. The first-order chi connectivity index (χ1) is 11.6. The van der Waals surface area contributed by atoms with Crippen molar-refractivity contribution in [1.29, 1.82) is 0 Å². The van der Waals surface area contributed by atoms with Crippen LogP contribution in [0.5, 0.6) is 0 Å². The highest BCUT2D eigenvalue weighted by atomic mass is 15.1. The summed E-state index contributed by atoms with van der Waals surface area (Å²) in [5.74, 6) is 0.470. The van der Waals surface area contributed by atoms with Gasteiger partial charge in [-0.25, -0.2) is 0 Å². The molecule has 3 rings (SSSR count). The Balaban J connectivity index is 1.89. The summed E-state index contributed by atoms with van der Waals surface area (Å²) in [6, 6.07) is 18.5. The lowest BCUT2D eigenvalue weighted by Crippen LogP contribution is -2.00. The normalized spacial score (nSPS) is 18.1. The van der Waals surface area contributed by atoms with Gasteiger partial charge in [0.25, 0.3) is 0 Å². The highest BCUT2D eigenvalue weighted by molar-refractivity contribution is 5.81. The van der Waals surface area contributed by atoms with Gasteiger partial charge in [-0.3, -0.25) is 0 Å². The molecule has 2 aromatic rings. The topological polar surface area (TPSA) is 24.7 Å². The summed E-state index contributed by atoms with van der Waals surface area (Å²) >= 11 is 0. The van der Waals surface area contributed by atoms with Crippen molar-refractivity contribution in [2.24, 2.45) is 16.1 Å². The number of nitrogens with zero attached hydrogens (tertiary/aromatic N) is 2. The summed E-state index contributed by atoms with van der Waals surface area (Å²) in [4.78, 5) is 0. The zero-order valence-corrected chi connectivity index (χ0v) is 14.9. The van der Waals surface area contributed by atoms with E-state index in [1.807, 2.05) is 30.3 Å². The second-order valence-corrected chi connectivity index (χ2v) is 6.46. The molecule has 0 radical (unpaired) electrons. The van der Waals surface area contributed by atoms with Gasteiger partial charge < -0.3 is 0 Å². The largest absolute Gasteiger partial charge is 0.184 e. The molecule has 1 unspecified atom stereocenters. The predicted molar refractivity (Wildman–Crippen MR) is 101 cm³/mol. The van der Waals surface area contributed by atoms with Gasteiger partial charge in [0.1, 0.15) is 0 Å². The molecule has 24 heavy (non-hydrogen) atoms. The van der Waals surface area contributed by atoms with Crippen molar-refractivity contribution in [3.8, 4) is 0 Å². The van der Waals surface area contributed by atoms with Gasteiger partial charge in [-0.2, -0.15) is 10.2 Å². The molecule has 1 aliphatic carbocycles. The first-order valence-electron chi connectivity index (χ1n) is 8.49. The quantitative estimate of drug-likeness (QED) is 0.559. The summed E-state index contributed by atoms with van der Waals surface area (Å²) in [6.07, 6.45) is 0. The molecular weight excluding hydrogens is 292 g/mol. The fourth-order valence-electron chi connectivity index (χ4n) is 3.41. The first kappa shape index (κ1) is 16.4. The lowest BCUT2D eigenvalue weighted by atomic mass is 9.89. The Hall–Kier alpha value is -2.48. The van der Waals surface area contributed by atoms with E-state index in [0.717, 1.165) is 5.69 Å². The van der Waals surface area contributed by atoms with E-state index in [-0.39, 0.29) is 0 Å². The lowest BCUT2D eigenvalue weighted by molar-refractivity contribution is 0.885. The van der Waals surface area contributed by atoms with Crippen LogP contribution in [0.1, 0.15) is 38.8 Å². The molecular formula is C22H24N2. The highest BCUT2D eigenvalue weighted by Crippen LogP contribution is 2.43. The van der Waals surface area contributed by atoms with Gasteiger partial charge in [0, 0.05) is 5.92 Å². The van der Waals surface area contributed by atoms with Crippen LogP contribution in [0.3, 0.4) is 0 Å². The van der Waals surface area contributed by atoms with Gasteiger partial charge in [0.15, 0.2) is 0 Å². The van der Waals surface area contributed by atoms with Crippen molar-refractivity contribution in [2.45, 2.75) is 34.2 Å². The van der Waals surface area contributed by atoms with Crippen molar-refractivity contribution < 1.29 is 0 Å². The maximum atomic E-state index is 4.42. The van der Waals surface area contributed by atoms with Gasteiger partial charge >= 0.3 is 0 Å². The molecule has 1 atom stereocenters. The van der Waals surface area contributed by atoms with E-state index >= 15 is 0 Å². The molecule has 0 fully saturated rings. The summed E-state index contributed by atoms with van der Waals surface area (Å²) in [5, 5.41) is 8.76. The zero-order valence-electron chi connectivity index (χ0n) is 14.9. The monoisotopic (exact) mass is 316 g/mol. The minimum atomic E-state index is 0.470. The van der Waals surface area contributed by atoms with Crippen molar-refractivity contribution >= 4 is 11.3 Å². The van der Waals surface area contributed by atoms with Crippen LogP contribution < -0.4 is 0 Å². The Labute approximate surface area is 144 Å². The van der Waals surface area contributed by atoms with Gasteiger partial charge in [-0.15, -0.1) is 0 Å². The van der Waals surface area contributed by atoms with Crippen molar-refractivity contribution in [3.05, 3.63) is 82.4 Å². The number of benzene rings is 2. The molecule has 0 aromatic heterocycles. The minimum absolute atomic E-state index is 0.470. The SMILES string of the molecule is CC1=C(C)C(C)C(c2ccccc2CN=Nc2ccccc2)=C1C. The molecule has 2 aromatic carbocycles. The van der Waals surface area contributed by atoms with Gasteiger partial charge in [-0.05, 0) is 60.8 Å². The molecule has 0 N–H and O–H groups in total. The number of rotatable bonds is 4. The number of hydrogen-bond acceptors (Lipinski definition) is 2. The Morgan fingerprint density at radius 3 is 2.17 bits per heavy atom. The Morgan fingerprint density at radius 1 is 0.833 bits per heavy atom. The second-order valence-electron chi connectivity index (χ2n) is 6.46. The van der Waals surface area contributed by atoms with Crippen LogP contribution in [-0.4, -0.2) is 0 Å². The highest BCUT2D eigenvalue weighted by Gasteiger charge is 2.25. The molecule has 2 nitrogen and oxygen atoms in total. The Bertz CT molecular complexity index is 826. The average Bonchev–Trinajstić information content (AvgIpc) is 2.80. The second kappa shape index (κ2) is 6.96. The molecule has 122 valence electrons. The molecule has 0 amide bonds. The lowest BCUT2D eigenvalue weighted by Gasteiger charge is -2.16. The molecule has 0 saturated heterocycles. The van der Waals surface area contributed by atoms with Gasteiger partial charge in [0.05, 0.1) is 12.2 Å². The third kappa shape index (κ3) is 3.09. The molecule has 2 heteroatoms. The Morgan fingerprint density at radius 2 is 1.50 bits per heavy atom. The van der Waals surface area contributed by atoms with Gasteiger partial charge in [0.2, 0.25) is 0 Å². The van der Waals surface area contributed by atoms with E-state index in [9.17, 15) is 0 Å². The molecule has 0 spiro atoms. The van der Waals surface area contributed by atoms with E-state index < -0.39 is 0 Å². The van der Waals surface area contributed by atoms with Crippen molar-refractivity contribution in [2.75, 3.05) is 0 Å². The van der Waals surface area contributed by atoms with E-state index in [0.29, 0.717) is 12.5 Å². The number of azo groups is 1. The zero-order chi connectivity index (χ0) is 17.1. The molecule has 0 heterocycles. The van der Waals surface area contributed by atoms with Crippen LogP contribution in [-0.2, 0) is 6.54 Å². The average molecular weight is 316 g/mol. The van der Waals surface area contributed by atoms with Crippen molar-refractivity contribution in [1.82, 2.24) is 0 Å². The molecule has 1 aliphatic rings. The predicted octanol–water partition coefficient (Wildman–Crippen LogP) is 6.73. The Kier molecular flexibility index (Phi) is 4.75. The van der Waals surface area contributed by atoms with Crippen LogP contribution >= 0.6 is 0 Å². The smallest absolute Gasteiger partial charge is 0.0859 e.